The molecule has 0 amide bonds. The molecule has 0 radical (unpaired) electrons. The van der Waals surface area contributed by atoms with Crippen molar-refractivity contribution in [1.29, 1.82) is 0 Å². The minimum atomic E-state index is -0.403. The highest BCUT2D eigenvalue weighted by molar-refractivity contribution is 6.15. The summed E-state index contributed by atoms with van der Waals surface area (Å²) in [5.41, 5.74) is 5.00. The zero-order chi connectivity index (χ0) is 17.6. The van der Waals surface area contributed by atoms with Gasteiger partial charge in [-0.1, -0.05) is 13.8 Å². The van der Waals surface area contributed by atoms with Crippen molar-refractivity contribution in [2.45, 2.75) is 51.7 Å². The standard InChI is InChI=1S/C21H24N2O2/c1-13(2)19-14(3)10-15(12-22-19)20-17-7-6-16(24-4)11-18(17)25-21(23-20)8-5-9-21/h6-7,10-13H,5,8-9H2,1-4H3. The number of hydrogen-bond acceptors (Lipinski definition) is 4. The first-order valence-electron chi connectivity index (χ1n) is 8.95. The zero-order valence-corrected chi connectivity index (χ0v) is 15.3. The van der Waals surface area contributed by atoms with Crippen molar-refractivity contribution in [3.63, 3.8) is 0 Å². The zero-order valence-electron chi connectivity index (χ0n) is 15.3. The Morgan fingerprint density at radius 1 is 1.20 bits per heavy atom. The minimum absolute atomic E-state index is 0.403. The Bertz CT molecular complexity index is 851. The second kappa shape index (κ2) is 5.87. The van der Waals surface area contributed by atoms with Gasteiger partial charge in [-0.15, -0.1) is 0 Å². The summed E-state index contributed by atoms with van der Waals surface area (Å²) in [7, 11) is 1.68. The van der Waals surface area contributed by atoms with E-state index >= 15 is 0 Å². The van der Waals surface area contributed by atoms with Gasteiger partial charge < -0.3 is 9.47 Å². The number of hydrogen-bond donors (Lipinski definition) is 0. The van der Waals surface area contributed by atoms with Gasteiger partial charge in [0.25, 0.3) is 0 Å². The van der Waals surface area contributed by atoms with E-state index in [-0.39, 0.29) is 0 Å². The van der Waals surface area contributed by atoms with E-state index in [4.69, 9.17) is 19.5 Å². The molecule has 4 nitrogen and oxygen atoms in total. The van der Waals surface area contributed by atoms with Gasteiger partial charge in [-0.3, -0.25) is 4.98 Å². The molecule has 1 fully saturated rings. The maximum Gasteiger partial charge on any atom is 0.200 e. The number of aliphatic imine (C=N–C) groups is 1. The minimum Gasteiger partial charge on any atom is -0.497 e. The summed E-state index contributed by atoms with van der Waals surface area (Å²) in [6.07, 6.45) is 5.03. The third kappa shape index (κ3) is 2.70. The average Bonchev–Trinajstić information content (AvgIpc) is 2.58. The van der Waals surface area contributed by atoms with E-state index in [0.29, 0.717) is 5.92 Å². The van der Waals surface area contributed by atoms with Gasteiger partial charge in [0, 0.05) is 41.9 Å². The van der Waals surface area contributed by atoms with Crippen molar-refractivity contribution in [2.24, 2.45) is 4.99 Å². The molecule has 0 N–H and O–H groups in total. The van der Waals surface area contributed by atoms with Crippen molar-refractivity contribution in [3.05, 3.63) is 52.8 Å². The first-order valence-corrected chi connectivity index (χ1v) is 8.95. The van der Waals surface area contributed by atoms with Crippen LogP contribution >= 0.6 is 0 Å². The molecule has 1 aliphatic carbocycles. The molecule has 4 rings (SSSR count). The molecule has 0 saturated heterocycles. The van der Waals surface area contributed by atoms with Gasteiger partial charge in [0.15, 0.2) is 0 Å². The van der Waals surface area contributed by atoms with Gasteiger partial charge in [-0.25, -0.2) is 4.99 Å². The van der Waals surface area contributed by atoms with Crippen LogP contribution in [-0.2, 0) is 0 Å². The fraction of sp³-hybridized carbons (Fsp3) is 0.429. The first-order chi connectivity index (χ1) is 12.0. The lowest BCUT2D eigenvalue weighted by Crippen LogP contribution is -2.44. The number of aryl methyl sites for hydroxylation is 1. The average molecular weight is 336 g/mol. The third-order valence-electron chi connectivity index (χ3n) is 5.13. The fourth-order valence-corrected chi connectivity index (χ4v) is 3.63. The summed E-state index contributed by atoms with van der Waals surface area (Å²) in [4.78, 5) is 9.72. The summed E-state index contributed by atoms with van der Waals surface area (Å²) in [5.74, 6) is 2.08. The first kappa shape index (κ1) is 16.1. The Morgan fingerprint density at radius 2 is 2.00 bits per heavy atom. The van der Waals surface area contributed by atoms with Crippen molar-refractivity contribution >= 4 is 5.71 Å². The van der Waals surface area contributed by atoms with Gasteiger partial charge in [-0.2, -0.15) is 0 Å². The van der Waals surface area contributed by atoms with Crippen LogP contribution in [0.1, 0.15) is 61.4 Å². The second-order valence-corrected chi connectivity index (χ2v) is 7.31. The number of benzene rings is 1. The topological polar surface area (TPSA) is 43.7 Å². The molecule has 2 aliphatic rings. The number of ether oxygens (including phenoxy) is 2. The van der Waals surface area contributed by atoms with Crippen LogP contribution in [-0.4, -0.2) is 23.5 Å². The Kier molecular flexibility index (Phi) is 3.78. The van der Waals surface area contributed by atoms with Gasteiger partial charge >= 0.3 is 0 Å². The van der Waals surface area contributed by atoms with Crippen LogP contribution in [0.2, 0.25) is 0 Å². The molecule has 0 unspecified atom stereocenters. The normalized spacial score (nSPS) is 17.6. The van der Waals surface area contributed by atoms with Gasteiger partial charge in [0.1, 0.15) is 11.5 Å². The molecular weight excluding hydrogens is 312 g/mol. The maximum absolute atomic E-state index is 6.25. The molecule has 4 heteroatoms. The monoisotopic (exact) mass is 336 g/mol. The predicted molar refractivity (Wildman–Crippen MR) is 98.9 cm³/mol. The number of pyridine rings is 1. The van der Waals surface area contributed by atoms with Crippen LogP contribution in [0.15, 0.2) is 35.5 Å². The Labute approximate surface area is 148 Å². The van der Waals surface area contributed by atoms with E-state index in [2.05, 4.69) is 26.8 Å². The molecule has 1 spiro atoms. The van der Waals surface area contributed by atoms with Crippen LogP contribution in [0.25, 0.3) is 0 Å². The van der Waals surface area contributed by atoms with Crippen molar-refractivity contribution < 1.29 is 9.47 Å². The number of fused-ring (bicyclic) bond motifs is 1. The predicted octanol–water partition coefficient (Wildman–Crippen LogP) is 4.63. The summed E-state index contributed by atoms with van der Waals surface area (Å²) < 4.78 is 11.6. The van der Waals surface area contributed by atoms with E-state index < -0.39 is 5.72 Å². The molecule has 2 heterocycles. The highest BCUT2D eigenvalue weighted by atomic mass is 16.5. The highest BCUT2D eigenvalue weighted by Crippen LogP contribution is 2.44. The van der Waals surface area contributed by atoms with Crippen LogP contribution in [0, 0.1) is 6.92 Å². The van der Waals surface area contributed by atoms with E-state index in [1.54, 1.807) is 7.11 Å². The fourth-order valence-electron chi connectivity index (χ4n) is 3.63. The SMILES string of the molecule is COc1ccc2c(c1)OC1(CCC1)N=C2c1cnc(C(C)C)c(C)c1. The van der Waals surface area contributed by atoms with Gasteiger partial charge in [0.05, 0.1) is 12.8 Å². The smallest absolute Gasteiger partial charge is 0.200 e. The molecule has 1 aliphatic heterocycles. The Hall–Kier alpha value is -2.36. The van der Waals surface area contributed by atoms with E-state index in [1.165, 1.54) is 5.56 Å². The van der Waals surface area contributed by atoms with Gasteiger partial charge in [0.2, 0.25) is 5.72 Å². The van der Waals surface area contributed by atoms with Crippen LogP contribution in [0.4, 0.5) is 0 Å². The quantitative estimate of drug-likeness (QED) is 0.820. The van der Waals surface area contributed by atoms with Gasteiger partial charge in [-0.05, 0) is 43.0 Å². The summed E-state index contributed by atoms with van der Waals surface area (Å²) in [6.45, 7) is 6.47. The molecular formula is C21H24N2O2. The number of nitrogens with zero attached hydrogens (tertiary/aromatic N) is 2. The number of rotatable bonds is 3. The lowest BCUT2D eigenvalue weighted by atomic mass is 9.86. The third-order valence-corrected chi connectivity index (χ3v) is 5.13. The molecule has 2 aromatic rings. The Morgan fingerprint density at radius 3 is 2.60 bits per heavy atom. The summed E-state index contributed by atoms with van der Waals surface area (Å²) in [5, 5.41) is 0. The molecule has 1 aromatic carbocycles. The molecule has 0 bridgehead atoms. The van der Waals surface area contributed by atoms with E-state index in [1.807, 2.05) is 24.4 Å². The molecule has 1 aromatic heterocycles. The molecule has 1 saturated carbocycles. The van der Waals surface area contributed by atoms with E-state index in [0.717, 1.165) is 53.3 Å². The Balaban J connectivity index is 1.83. The van der Waals surface area contributed by atoms with Crippen molar-refractivity contribution in [2.75, 3.05) is 7.11 Å². The second-order valence-electron chi connectivity index (χ2n) is 7.31. The van der Waals surface area contributed by atoms with E-state index in [9.17, 15) is 0 Å². The molecule has 130 valence electrons. The van der Waals surface area contributed by atoms with Crippen LogP contribution < -0.4 is 9.47 Å². The van der Waals surface area contributed by atoms with Crippen molar-refractivity contribution in [3.8, 4) is 11.5 Å². The molecule has 0 atom stereocenters. The van der Waals surface area contributed by atoms with Crippen LogP contribution in [0.5, 0.6) is 11.5 Å². The van der Waals surface area contributed by atoms with Crippen molar-refractivity contribution in [1.82, 2.24) is 4.98 Å². The summed E-state index contributed by atoms with van der Waals surface area (Å²) in [6, 6.07) is 8.16. The highest BCUT2D eigenvalue weighted by Gasteiger charge is 2.43. The van der Waals surface area contributed by atoms with Crippen LogP contribution in [0.3, 0.4) is 0 Å². The summed E-state index contributed by atoms with van der Waals surface area (Å²) >= 11 is 0. The lowest BCUT2D eigenvalue weighted by molar-refractivity contribution is -0.00165. The maximum atomic E-state index is 6.25. The number of aromatic nitrogens is 1. The lowest BCUT2D eigenvalue weighted by Gasteiger charge is -2.42. The molecule has 25 heavy (non-hydrogen) atoms. The number of methoxy groups -OCH3 is 1. The largest absolute Gasteiger partial charge is 0.497 e.